The molecule has 1 saturated heterocycles. The normalized spacial score (nSPS) is 24.6. The lowest BCUT2D eigenvalue weighted by Crippen LogP contribution is -2.56. The van der Waals surface area contributed by atoms with Crippen LogP contribution in [-0.4, -0.2) is 47.9 Å². The predicted octanol–water partition coefficient (Wildman–Crippen LogP) is 2.90. The van der Waals surface area contributed by atoms with E-state index in [1.54, 1.807) is 0 Å². The summed E-state index contributed by atoms with van der Waals surface area (Å²) in [6.07, 6.45) is 0. The molecule has 1 amide bonds. The van der Waals surface area contributed by atoms with Crippen molar-refractivity contribution in [1.82, 2.24) is 9.80 Å². The summed E-state index contributed by atoms with van der Waals surface area (Å²) in [5, 5.41) is 0. The van der Waals surface area contributed by atoms with E-state index >= 15 is 0 Å². The van der Waals surface area contributed by atoms with Crippen LogP contribution in [-0.2, 0) is 0 Å². The fourth-order valence-electron chi connectivity index (χ4n) is 2.43. The van der Waals surface area contributed by atoms with Crippen molar-refractivity contribution in [3.63, 3.8) is 0 Å². The van der Waals surface area contributed by atoms with Crippen molar-refractivity contribution in [1.29, 1.82) is 0 Å². The minimum absolute atomic E-state index is 0.0734. The Morgan fingerprint density at radius 3 is 2.42 bits per heavy atom. The zero-order valence-corrected chi connectivity index (χ0v) is 13.9. The Morgan fingerprint density at radius 2 is 1.89 bits per heavy atom. The van der Waals surface area contributed by atoms with Crippen molar-refractivity contribution >= 4 is 34.5 Å². The standard InChI is InChI=1S/C14H19BrN2OS/c1-9-7-17(8-10(2)16(9)3)14(18)12-5-4-11(15)6-13(12)19/h4-6,9-10,19H,7-8H2,1-3H3. The van der Waals surface area contributed by atoms with Gasteiger partial charge in [-0.25, -0.2) is 0 Å². The van der Waals surface area contributed by atoms with Crippen molar-refractivity contribution in [2.24, 2.45) is 0 Å². The fourth-order valence-corrected chi connectivity index (χ4v) is 3.27. The molecule has 0 aromatic heterocycles. The molecule has 19 heavy (non-hydrogen) atoms. The number of carbonyl (C=O) groups is 1. The van der Waals surface area contributed by atoms with Crippen molar-refractivity contribution < 1.29 is 4.79 Å². The Balaban J connectivity index is 2.20. The number of piperazine rings is 1. The largest absolute Gasteiger partial charge is 0.335 e. The van der Waals surface area contributed by atoms with Crippen LogP contribution in [0.5, 0.6) is 0 Å². The summed E-state index contributed by atoms with van der Waals surface area (Å²) < 4.78 is 0.939. The molecule has 0 aliphatic carbocycles. The van der Waals surface area contributed by atoms with Gasteiger partial charge in [-0.05, 0) is 39.1 Å². The summed E-state index contributed by atoms with van der Waals surface area (Å²) in [4.78, 5) is 17.5. The van der Waals surface area contributed by atoms with Gasteiger partial charge in [0.05, 0.1) is 5.56 Å². The number of thiol groups is 1. The van der Waals surface area contributed by atoms with Crippen LogP contribution in [0.15, 0.2) is 27.6 Å². The van der Waals surface area contributed by atoms with E-state index in [1.165, 1.54) is 0 Å². The first-order valence-electron chi connectivity index (χ1n) is 6.40. The first-order valence-corrected chi connectivity index (χ1v) is 7.64. The molecule has 2 rings (SSSR count). The van der Waals surface area contributed by atoms with E-state index in [0.717, 1.165) is 22.5 Å². The number of likely N-dealkylation sites (N-methyl/N-ethyl adjacent to an activating group) is 1. The van der Waals surface area contributed by atoms with E-state index in [1.807, 2.05) is 23.1 Å². The Labute approximate surface area is 128 Å². The quantitative estimate of drug-likeness (QED) is 0.793. The summed E-state index contributed by atoms with van der Waals surface area (Å²) in [6.45, 7) is 5.84. The second kappa shape index (κ2) is 5.85. The molecule has 1 heterocycles. The summed E-state index contributed by atoms with van der Waals surface area (Å²) >= 11 is 7.79. The van der Waals surface area contributed by atoms with Crippen LogP contribution < -0.4 is 0 Å². The lowest BCUT2D eigenvalue weighted by Gasteiger charge is -2.42. The lowest BCUT2D eigenvalue weighted by atomic mass is 10.1. The van der Waals surface area contributed by atoms with E-state index in [2.05, 4.69) is 54.4 Å². The highest BCUT2D eigenvalue weighted by atomic mass is 79.9. The first-order chi connectivity index (χ1) is 8.90. The van der Waals surface area contributed by atoms with Gasteiger partial charge in [0.2, 0.25) is 0 Å². The molecule has 1 aliphatic heterocycles. The van der Waals surface area contributed by atoms with Gasteiger partial charge < -0.3 is 4.90 Å². The van der Waals surface area contributed by atoms with E-state index in [0.29, 0.717) is 17.6 Å². The number of halogens is 1. The highest BCUT2D eigenvalue weighted by Gasteiger charge is 2.30. The number of rotatable bonds is 1. The molecule has 1 aliphatic rings. The van der Waals surface area contributed by atoms with Crippen molar-refractivity contribution in [2.45, 2.75) is 30.8 Å². The second-order valence-corrected chi connectivity index (χ2v) is 6.63. The fraction of sp³-hybridized carbons (Fsp3) is 0.500. The van der Waals surface area contributed by atoms with Crippen LogP contribution in [0.3, 0.4) is 0 Å². The molecule has 0 saturated carbocycles. The van der Waals surface area contributed by atoms with Crippen molar-refractivity contribution in [3.8, 4) is 0 Å². The monoisotopic (exact) mass is 342 g/mol. The summed E-state index contributed by atoms with van der Waals surface area (Å²) in [6, 6.07) is 6.34. The molecule has 1 fully saturated rings. The number of nitrogens with zero attached hydrogens (tertiary/aromatic N) is 2. The third-order valence-electron chi connectivity index (χ3n) is 3.84. The smallest absolute Gasteiger partial charge is 0.255 e. The van der Waals surface area contributed by atoms with Gasteiger partial charge in [0, 0.05) is 34.5 Å². The third kappa shape index (κ3) is 3.15. The molecule has 5 heteroatoms. The Hall–Kier alpha value is -0.520. The Bertz CT molecular complexity index is 482. The van der Waals surface area contributed by atoms with Gasteiger partial charge in [0.25, 0.3) is 5.91 Å². The molecule has 0 bridgehead atoms. The summed E-state index contributed by atoms with van der Waals surface area (Å²) in [7, 11) is 2.11. The topological polar surface area (TPSA) is 23.6 Å². The van der Waals surface area contributed by atoms with Gasteiger partial charge >= 0.3 is 0 Å². The Kier molecular flexibility index (Phi) is 4.58. The van der Waals surface area contributed by atoms with Gasteiger partial charge in [-0.2, -0.15) is 0 Å². The maximum atomic E-state index is 12.6. The maximum absolute atomic E-state index is 12.6. The molecule has 2 unspecified atom stereocenters. The number of hydrogen-bond acceptors (Lipinski definition) is 3. The minimum Gasteiger partial charge on any atom is -0.335 e. The van der Waals surface area contributed by atoms with Gasteiger partial charge in [-0.3, -0.25) is 9.69 Å². The molecule has 0 radical (unpaired) electrons. The van der Waals surface area contributed by atoms with Gasteiger partial charge in [0.1, 0.15) is 0 Å². The minimum atomic E-state index is 0.0734. The van der Waals surface area contributed by atoms with E-state index in [9.17, 15) is 4.79 Å². The molecular weight excluding hydrogens is 324 g/mol. The number of carbonyl (C=O) groups excluding carboxylic acids is 1. The molecule has 3 nitrogen and oxygen atoms in total. The van der Waals surface area contributed by atoms with Crippen molar-refractivity contribution in [2.75, 3.05) is 20.1 Å². The van der Waals surface area contributed by atoms with E-state index in [-0.39, 0.29) is 5.91 Å². The highest BCUT2D eigenvalue weighted by Crippen LogP contribution is 2.23. The van der Waals surface area contributed by atoms with Gasteiger partial charge in [-0.15, -0.1) is 12.6 Å². The molecule has 104 valence electrons. The van der Waals surface area contributed by atoms with Gasteiger partial charge in [-0.1, -0.05) is 15.9 Å². The van der Waals surface area contributed by atoms with E-state index in [4.69, 9.17) is 0 Å². The highest BCUT2D eigenvalue weighted by molar-refractivity contribution is 9.10. The number of hydrogen-bond donors (Lipinski definition) is 1. The second-order valence-electron chi connectivity index (χ2n) is 5.24. The molecule has 0 spiro atoms. The average Bonchev–Trinajstić information content (AvgIpc) is 2.34. The first kappa shape index (κ1) is 14.9. The van der Waals surface area contributed by atoms with Crippen LogP contribution in [0.2, 0.25) is 0 Å². The molecule has 1 aromatic rings. The summed E-state index contributed by atoms with van der Waals surface area (Å²) in [5.41, 5.74) is 0.676. The summed E-state index contributed by atoms with van der Waals surface area (Å²) in [5.74, 6) is 0.0734. The lowest BCUT2D eigenvalue weighted by molar-refractivity contribution is 0.0411. The Morgan fingerprint density at radius 1 is 1.32 bits per heavy atom. The van der Waals surface area contributed by atoms with Crippen LogP contribution in [0.25, 0.3) is 0 Å². The van der Waals surface area contributed by atoms with Crippen LogP contribution in [0, 0.1) is 0 Å². The average molecular weight is 343 g/mol. The molecule has 2 atom stereocenters. The van der Waals surface area contributed by atoms with Gasteiger partial charge in [0.15, 0.2) is 0 Å². The van der Waals surface area contributed by atoms with Crippen LogP contribution in [0.4, 0.5) is 0 Å². The number of benzene rings is 1. The van der Waals surface area contributed by atoms with Crippen LogP contribution >= 0.6 is 28.6 Å². The SMILES string of the molecule is CC1CN(C(=O)c2ccc(Br)cc2S)CC(C)N1C. The molecule has 0 N–H and O–H groups in total. The van der Waals surface area contributed by atoms with E-state index < -0.39 is 0 Å². The zero-order valence-electron chi connectivity index (χ0n) is 11.4. The predicted molar refractivity (Wildman–Crippen MR) is 84.0 cm³/mol. The third-order valence-corrected chi connectivity index (χ3v) is 4.70. The number of amides is 1. The van der Waals surface area contributed by atoms with Crippen molar-refractivity contribution in [3.05, 3.63) is 28.2 Å². The zero-order chi connectivity index (χ0) is 14.2. The van der Waals surface area contributed by atoms with Crippen LogP contribution in [0.1, 0.15) is 24.2 Å². The molecule has 1 aromatic carbocycles. The molecular formula is C14H19BrN2OS. The maximum Gasteiger partial charge on any atom is 0.255 e.